The van der Waals surface area contributed by atoms with E-state index in [-0.39, 0.29) is 0 Å². The van der Waals surface area contributed by atoms with E-state index in [2.05, 4.69) is 5.32 Å². The Bertz CT molecular complexity index is 170. The lowest BCUT2D eigenvalue weighted by molar-refractivity contribution is 0.198. The van der Waals surface area contributed by atoms with Crippen molar-refractivity contribution in [3.05, 3.63) is 23.9 Å². The normalized spacial score (nSPS) is 12.0. The molecule has 0 bridgehead atoms. The van der Waals surface area contributed by atoms with Gasteiger partial charge >= 0.3 is 6.09 Å². The zero-order valence-electron chi connectivity index (χ0n) is 6.09. The summed E-state index contributed by atoms with van der Waals surface area (Å²) in [6.07, 6.45) is 4.11. The maximum Gasteiger partial charge on any atom is 0.409 e. The molecule has 0 aliphatic rings. The monoisotopic (exact) mass is 141 g/mol. The smallest absolute Gasteiger partial charge is 0.409 e. The van der Waals surface area contributed by atoms with Crippen LogP contribution in [0.2, 0.25) is 0 Å². The molecule has 3 nitrogen and oxygen atoms in total. The van der Waals surface area contributed by atoms with Gasteiger partial charge < -0.3 is 5.11 Å². The molecule has 0 fully saturated rings. The predicted molar refractivity (Wildman–Crippen MR) is 39.7 cm³/mol. The van der Waals surface area contributed by atoms with Crippen molar-refractivity contribution in [2.75, 3.05) is 0 Å². The van der Waals surface area contributed by atoms with Crippen molar-refractivity contribution in [1.82, 2.24) is 5.32 Å². The summed E-state index contributed by atoms with van der Waals surface area (Å²) in [5.74, 6) is 0. The molecule has 3 heteroatoms. The van der Waals surface area contributed by atoms with Gasteiger partial charge in [-0.15, -0.1) is 0 Å². The summed E-state index contributed by atoms with van der Waals surface area (Å²) in [4.78, 5) is 10.1. The lowest BCUT2D eigenvalue weighted by atomic mass is 10.4. The van der Waals surface area contributed by atoms with Gasteiger partial charge in [-0.1, -0.05) is 12.2 Å². The van der Waals surface area contributed by atoms with Crippen molar-refractivity contribution in [3.63, 3.8) is 0 Å². The van der Waals surface area contributed by atoms with Crippen molar-refractivity contribution >= 4 is 6.09 Å². The summed E-state index contributed by atoms with van der Waals surface area (Å²) in [6, 6.07) is 0. The largest absolute Gasteiger partial charge is 0.465 e. The van der Waals surface area contributed by atoms with E-state index >= 15 is 0 Å². The first-order valence-corrected chi connectivity index (χ1v) is 2.99. The molecule has 56 valence electrons. The highest BCUT2D eigenvalue weighted by Crippen LogP contribution is 1.89. The van der Waals surface area contributed by atoms with Crippen molar-refractivity contribution in [1.29, 1.82) is 0 Å². The maximum atomic E-state index is 10.1. The van der Waals surface area contributed by atoms with Gasteiger partial charge in [0.1, 0.15) is 0 Å². The summed E-state index contributed by atoms with van der Waals surface area (Å²) in [6.45, 7) is 3.60. The summed E-state index contributed by atoms with van der Waals surface area (Å²) >= 11 is 0. The van der Waals surface area contributed by atoms with Gasteiger partial charge in [0, 0.05) is 5.70 Å². The zero-order valence-corrected chi connectivity index (χ0v) is 6.09. The van der Waals surface area contributed by atoms with E-state index in [0.717, 1.165) is 0 Å². The standard InChI is InChI=1S/C7H11NO2/c1-3-5-6(4-2)8-7(9)10/h3-5,8H,1-2H3,(H,9,10)/b5-3-,6-4+. The van der Waals surface area contributed by atoms with E-state index in [4.69, 9.17) is 5.11 Å². The van der Waals surface area contributed by atoms with E-state index < -0.39 is 6.09 Å². The minimum Gasteiger partial charge on any atom is -0.465 e. The Hall–Kier alpha value is -1.25. The number of carbonyl (C=O) groups is 1. The van der Waals surface area contributed by atoms with Crippen LogP contribution in [-0.4, -0.2) is 11.2 Å². The van der Waals surface area contributed by atoms with E-state index in [1.54, 1.807) is 25.2 Å². The summed E-state index contributed by atoms with van der Waals surface area (Å²) in [5, 5.41) is 10.5. The second-order valence-electron chi connectivity index (χ2n) is 1.67. The van der Waals surface area contributed by atoms with Gasteiger partial charge in [-0.05, 0) is 19.9 Å². The third-order valence-electron chi connectivity index (χ3n) is 0.908. The maximum absolute atomic E-state index is 10.1. The van der Waals surface area contributed by atoms with Crippen molar-refractivity contribution in [2.45, 2.75) is 13.8 Å². The Labute approximate surface area is 60.1 Å². The molecule has 0 radical (unpaired) electrons. The van der Waals surface area contributed by atoms with Crippen molar-refractivity contribution < 1.29 is 9.90 Å². The van der Waals surface area contributed by atoms with E-state index in [1.165, 1.54) is 0 Å². The molecule has 0 spiro atoms. The van der Waals surface area contributed by atoms with Crippen LogP contribution in [0.25, 0.3) is 0 Å². The number of hydrogen-bond donors (Lipinski definition) is 2. The fourth-order valence-electron chi connectivity index (χ4n) is 0.513. The van der Waals surface area contributed by atoms with Crippen LogP contribution >= 0.6 is 0 Å². The lowest BCUT2D eigenvalue weighted by Gasteiger charge is -1.97. The van der Waals surface area contributed by atoms with E-state index in [0.29, 0.717) is 5.70 Å². The minimum atomic E-state index is -1.04. The number of amides is 1. The second kappa shape index (κ2) is 4.61. The van der Waals surface area contributed by atoms with Gasteiger partial charge in [0.05, 0.1) is 0 Å². The van der Waals surface area contributed by atoms with Crippen LogP contribution in [0.1, 0.15) is 13.8 Å². The van der Waals surface area contributed by atoms with Gasteiger partial charge in [0.15, 0.2) is 0 Å². The summed E-state index contributed by atoms with van der Waals surface area (Å²) in [7, 11) is 0. The molecule has 0 saturated heterocycles. The Kier molecular flexibility index (Phi) is 4.04. The topological polar surface area (TPSA) is 49.3 Å². The first-order chi connectivity index (χ1) is 4.70. The highest BCUT2D eigenvalue weighted by atomic mass is 16.4. The third kappa shape index (κ3) is 3.72. The van der Waals surface area contributed by atoms with Crippen molar-refractivity contribution in [3.8, 4) is 0 Å². The molecule has 0 aliphatic heterocycles. The molecule has 0 rings (SSSR count). The molecule has 0 aromatic rings. The average Bonchev–Trinajstić information content (AvgIpc) is 1.86. The molecule has 1 amide bonds. The molecular weight excluding hydrogens is 130 g/mol. The highest BCUT2D eigenvalue weighted by Gasteiger charge is 1.93. The Morgan fingerprint density at radius 2 is 2.10 bits per heavy atom. The SMILES string of the molecule is C/C=C\C(=C/C)NC(=O)O. The second-order valence-corrected chi connectivity index (χ2v) is 1.67. The lowest BCUT2D eigenvalue weighted by Crippen LogP contribution is -2.18. The van der Waals surface area contributed by atoms with E-state index in [1.807, 2.05) is 6.92 Å². The number of carboxylic acid groups (broad SMARTS) is 1. The van der Waals surface area contributed by atoms with Crippen LogP contribution in [0.15, 0.2) is 23.9 Å². The molecule has 0 atom stereocenters. The summed E-state index contributed by atoms with van der Waals surface area (Å²) in [5.41, 5.74) is 0.593. The van der Waals surface area contributed by atoms with Crippen LogP contribution in [-0.2, 0) is 0 Å². The predicted octanol–water partition coefficient (Wildman–Crippen LogP) is 1.73. The molecular formula is C7H11NO2. The molecule has 0 aliphatic carbocycles. The van der Waals surface area contributed by atoms with Crippen molar-refractivity contribution in [2.24, 2.45) is 0 Å². The van der Waals surface area contributed by atoms with Gasteiger partial charge in [0.2, 0.25) is 0 Å². The number of rotatable bonds is 2. The van der Waals surface area contributed by atoms with Gasteiger partial charge in [-0.25, -0.2) is 4.79 Å². The fourth-order valence-corrected chi connectivity index (χ4v) is 0.513. The molecule has 0 saturated carbocycles. The van der Waals surface area contributed by atoms with Crippen LogP contribution in [0.5, 0.6) is 0 Å². The number of hydrogen-bond acceptors (Lipinski definition) is 1. The fraction of sp³-hybridized carbons (Fsp3) is 0.286. The van der Waals surface area contributed by atoms with Crippen LogP contribution in [0.3, 0.4) is 0 Å². The van der Waals surface area contributed by atoms with E-state index in [9.17, 15) is 4.79 Å². The number of allylic oxidation sites excluding steroid dienone is 3. The number of nitrogens with one attached hydrogen (secondary N) is 1. The zero-order chi connectivity index (χ0) is 7.98. The van der Waals surface area contributed by atoms with Crippen LogP contribution in [0.4, 0.5) is 4.79 Å². The molecule has 10 heavy (non-hydrogen) atoms. The Morgan fingerprint density at radius 3 is 2.40 bits per heavy atom. The average molecular weight is 141 g/mol. The Balaban J connectivity index is 3.98. The Morgan fingerprint density at radius 1 is 1.50 bits per heavy atom. The van der Waals surface area contributed by atoms with Gasteiger partial charge in [0.25, 0.3) is 0 Å². The third-order valence-corrected chi connectivity index (χ3v) is 0.908. The highest BCUT2D eigenvalue weighted by molar-refractivity contribution is 5.67. The molecule has 0 unspecified atom stereocenters. The first-order valence-electron chi connectivity index (χ1n) is 2.99. The quantitative estimate of drug-likeness (QED) is 0.575. The summed E-state index contributed by atoms with van der Waals surface area (Å²) < 4.78 is 0. The molecule has 0 aromatic heterocycles. The molecule has 2 N–H and O–H groups in total. The van der Waals surface area contributed by atoms with Crippen LogP contribution < -0.4 is 5.32 Å². The molecule has 0 heterocycles. The van der Waals surface area contributed by atoms with Gasteiger partial charge in [-0.3, -0.25) is 5.32 Å². The van der Waals surface area contributed by atoms with Crippen LogP contribution in [0, 0.1) is 0 Å². The molecule has 0 aromatic carbocycles. The first kappa shape index (κ1) is 8.75. The minimum absolute atomic E-state index is 0.593. The van der Waals surface area contributed by atoms with Gasteiger partial charge in [-0.2, -0.15) is 0 Å².